The number of halogens is 4. The number of nitrogens with one attached hydrogen (secondary N) is 3. The number of nitrogens with two attached hydrogens (primary N) is 1. The quantitative estimate of drug-likeness (QED) is 0.0225. The van der Waals surface area contributed by atoms with Crippen molar-refractivity contribution < 1.29 is 45.8 Å². The third-order valence-electron chi connectivity index (χ3n) is 12.7. The number of ketones is 1. The number of rotatable bonds is 22. The molecule has 0 aliphatic carbocycles. The Hall–Kier alpha value is -8.53. The molecule has 17 nitrogen and oxygen atoms in total. The van der Waals surface area contributed by atoms with Gasteiger partial charge in [-0.2, -0.15) is 10.2 Å². The van der Waals surface area contributed by atoms with Crippen molar-refractivity contribution in [3.63, 3.8) is 0 Å². The first-order valence-corrected chi connectivity index (χ1v) is 24.2. The topological polar surface area (TPSA) is 206 Å². The Balaban J connectivity index is 0.815. The third kappa shape index (κ3) is 12.5. The molecule has 0 fully saturated rings. The smallest absolute Gasteiger partial charge is 0.480 e. The average molecular weight is 1030 g/mol. The lowest BCUT2D eigenvalue weighted by Gasteiger charge is -2.31. The van der Waals surface area contributed by atoms with E-state index >= 15 is 17.4 Å². The average Bonchev–Trinajstić information content (AvgIpc) is 4.13. The summed E-state index contributed by atoms with van der Waals surface area (Å²) in [4.78, 5) is 54.9. The number of Topliss-reactive ketones (excluding diaryl/α,β-unsaturated/α-hetero) is 1. The highest BCUT2D eigenvalue weighted by atomic mass is 19.2. The lowest BCUT2D eigenvalue weighted by molar-refractivity contribution is -0.362. The molecule has 0 saturated carbocycles. The molecule has 1 atom stereocenters. The number of fused-ring (bicyclic) bond motifs is 2. The van der Waals surface area contributed by atoms with Crippen molar-refractivity contribution in [3.05, 3.63) is 166 Å². The van der Waals surface area contributed by atoms with Gasteiger partial charge in [0.15, 0.2) is 28.9 Å². The van der Waals surface area contributed by atoms with Crippen molar-refractivity contribution in [1.29, 1.82) is 0 Å². The maximum absolute atomic E-state index is 15.8. The molecule has 22 heteroatoms. The first-order valence-electron chi connectivity index (χ1n) is 24.2. The second kappa shape index (κ2) is 23.1. The number of carbonyl (C=O) groups excluding carboxylic acids is 4. The summed E-state index contributed by atoms with van der Waals surface area (Å²) in [6.07, 6.45) is 6.20. The van der Waals surface area contributed by atoms with E-state index < -0.39 is 54.6 Å². The molecule has 5 N–H and O–H groups in total. The van der Waals surface area contributed by atoms with Gasteiger partial charge >= 0.3 is 6.97 Å². The number of benzene rings is 4. The van der Waals surface area contributed by atoms with Gasteiger partial charge in [-0.15, -0.1) is 5.10 Å². The maximum Gasteiger partial charge on any atom is 0.737 e. The van der Waals surface area contributed by atoms with E-state index in [-0.39, 0.29) is 54.9 Å². The third-order valence-corrected chi connectivity index (χ3v) is 12.7. The van der Waals surface area contributed by atoms with Crippen LogP contribution in [0.25, 0.3) is 11.8 Å². The summed E-state index contributed by atoms with van der Waals surface area (Å²) in [6.45, 7) is -1.36. The molecule has 6 aromatic rings. The van der Waals surface area contributed by atoms with Crippen LogP contribution in [0.1, 0.15) is 82.9 Å². The Morgan fingerprint density at radius 1 is 0.840 bits per heavy atom. The molecule has 0 unspecified atom stereocenters. The maximum atomic E-state index is 15.8. The van der Waals surface area contributed by atoms with Crippen molar-refractivity contribution in [2.75, 3.05) is 32.1 Å². The molecule has 0 bridgehead atoms. The fourth-order valence-corrected chi connectivity index (χ4v) is 8.75. The number of nitrogens with zero attached hydrogens (tertiary/aromatic N) is 8. The highest BCUT2D eigenvalue weighted by Crippen LogP contribution is 2.36. The number of allylic oxidation sites excluding steroid dienone is 2. The Morgan fingerprint density at radius 3 is 2.24 bits per heavy atom. The summed E-state index contributed by atoms with van der Waals surface area (Å²) in [5.74, 6) is -5.13. The minimum absolute atomic E-state index is 0.00452. The van der Waals surface area contributed by atoms with Gasteiger partial charge in [0.2, 0.25) is 5.91 Å². The van der Waals surface area contributed by atoms with E-state index in [4.69, 9.17) is 10.5 Å². The molecule has 75 heavy (non-hydrogen) atoms. The number of unbranched alkanes of at least 4 members (excludes halogenated alkanes) is 1. The van der Waals surface area contributed by atoms with Crippen molar-refractivity contribution in [3.8, 4) is 11.4 Å². The van der Waals surface area contributed by atoms with Crippen molar-refractivity contribution in [1.82, 2.24) is 35.4 Å². The summed E-state index contributed by atoms with van der Waals surface area (Å²) >= 11 is 0. The van der Waals surface area contributed by atoms with Gasteiger partial charge in [-0.25, -0.2) is 13.5 Å². The summed E-state index contributed by atoms with van der Waals surface area (Å²) < 4.78 is 71.0. The summed E-state index contributed by atoms with van der Waals surface area (Å²) in [7, 11) is 3.87. The molecule has 2 aliphatic heterocycles. The predicted molar refractivity (Wildman–Crippen MR) is 276 cm³/mol. The first-order chi connectivity index (χ1) is 36.0. The zero-order valence-corrected chi connectivity index (χ0v) is 41.7. The molecule has 2 aliphatic rings. The monoisotopic (exact) mass is 1030 g/mol. The van der Waals surface area contributed by atoms with E-state index in [9.17, 15) is 19.2 Å². The lowest BCUT2D eigenvalue weighted by Crippen LogP contribution is -2.50. The van der Waals surface area contributed by atoms with Gasteiger partial charge in [-0.3, -0.25) is 19.2 Å². The number of amides is 3. The Bertz CT molecular complexity index is 3240. The van der Waals surface area contributed by atoms with E-state index in [0.717, 1.165) is 32.4 Å². The molecule has 4 heterocycles. The number of hydrogen-bond acceptors (Lipinski definition) is 11. The van der Waals surface area contributed by atoms with Gasteiger partial charge in [0.05, 0.1) is 35.8 Å². The molecule has 2 aromatic heterocycles. The second-order valence-electron chi connectivity index (χ2n) is 18.4. The number of anilines is 1. The van der Waals surface area contributed by atoms with E-state index in [1.807, 2.05) is 43.3 Å². The van der Waals surface area contributed by atoms with E-state index in [2.05, 4.69) is 36.5 Å². The predicted octanol–water partition coefficient (Wildman–Crippen LogP) is 7.89. The van der Waals surface area contributed by atoms with Crippen LogP contribution in [0, 0.1) is 11.6 Å². The van der Waals surface area contributed by atoms with Crippen LogP contribution in [-0.2, 0) is 29.1 Å². The molecule has 3 amide bonds. The molecule has 0 saturated heterocycles. The largest absolute Gasteiger partial charge is 0.737 e. The number of ether oxygens (including phenoxy) is 1. The first kappa shape index (κ1) is 52.8. The number of hydrogen-bond donors (Lipinski definition) is 4. The second-order valence-corrected chi connectivity index (χ2v) is 18.4. The number of aromatic nitrogens is 4. The van der Waals surface area contributed by atoms with Crippen molar-refractivity contribution in [2.24, 2.45) is 16.0 Å². The minimum Gasteiger partial charge on any atom is -0.480 e. The fraction of sp³-hybridized carbons (Fsp3) is 0.264. The van der Waals surface area contributed by atoms with Crippen LogP contribution in [0.15, 0.2) is 131 Å². The van der Waals surface area contributed by atoms with Gasteiger partial charge in [0, 0.05) is 74.2 Å². The number of carbonyl (C=O) groups is 4. The Kier molecular flexibility index (Phi) is 16.3. The summed E-state index contributed by atoms with van der Waals surface area (Å²) in [5, 5.41) is 24.8. The van der Waals surface area contributed by atoms with Crippen LogP contribution in [-0.4, -0.2) is 93.4 Å². The SMILES string of the molecule is CC1=CC(C)=[N+]2C1=Cc1ccc(CCC(=O)NCc3cn(-c4cccc(C(=O)N[C@@H](CCCCN)C(=O)COc5c(F)cc(CNC(=O)c6ccc(/N=N/c7ccc(N(C)C)cc7)cc6)cc5F)c4)nn3)n1[B-]2(F)F. The van der Waals surface area contributed by atoms with Gasteiger partial charge < -0.3 is 48.9 Å². The molecule has 4 aromatic carbocycles. The van der Waals surface area contributed by atoms with E-state index in [1.165, 1.54) is 16.8 Å². The highest BCUT2D eigenvalue weighted by Gasteiger charge is 2.52. The summed E-state index contributed by atoms with van der Waals surface area (Å²) in [6, 6.07) is 24.3. The standard InChI is InChI=1S/C53H55BF4N12O5/c1-33-24-34(2)69-48(33)28-44-20-19-42(70(44)54(69,57)58)21-22-50(72)60-30-40-31-68(66-65-40)43-9-7-8-37(27-43)53(74)62-47(10-5-6-23-59)49(71)32-75-51-45(55)25-35(26-46(51)56)29-61-52(73)36-11-13-38(14-12-36)63-64-39-15-17-41(18-16-39)67(3)4/h7-9,11-20,24-28,31,47H,5-6,10,21-23,29-30,32,59H2,1-4H3,(H,60,72)(H,61,73)(H,62,74)/b64-63+/t47-/m0/s1. The Labute approximate surface area is 429 Å². The minimum atomic E-state index is -4.15. The highest BCUT2D eigenvalue weighted by molar-refractivity contribution is 6.58. The summed E-state index contributed by atoms with van der Waals surface area (Å²) in [5.41, 5.74) is 11.6. The van der Waals surface area contributed by atoms with Crippen LogP contribution in [0.2, 0.25) is 0 Å². The molecule has 0 radical (unpaired) electrons. The van der Waals surface area contributed by atoms with Gasteiger partial charge in [0.25, 0.3) is 11.8 Å². The molecule has 388 valence electrons. The van der Waals surface area contributed by atoms with Crippen LogP contribution in [0.3, 0.4) is 0 Å². The molecular formula is C53H55BF4N12O5. The van der Waals surface area contributed by atoms with Crippen molar-refractivity contribution >= 4 is 59.3 Å². The zero-order valence-electron chi connectivity index (χ0n) is 41.7. The van der Waals surface area contributed by atoms with Crippen LogP contribution >= 0.6 is 0 Å². The van der Waals surface area contributed by atoms with Crippen molar-refractivity contribution in [2.45, 2.75) is 65.1 Å². The van der Waals surface area contributed by atoms with Gasteiger partial charge in [-0.05, 0) is 141 Å². The zero-order chi connectivity index (χ0) is 53.4. The lowest BCUT2D eigenvalue weighted by atomic mass is 9.89. The van der Waals surface area contributed by atoms with Gasteiger partial charge in [-0.1, -0.05) is 11.3 Å². The van der Waals surface area contributed by atoms with Crippen LogP contribution in [0.4, 0.5) is 34.5 Å². The van der Waals surface area contributed by atoms with Crippen LogP contribution in [0.5, 0.6) is 5.75 Å². The number of aryl methyl sites for hydroxylation is 1. The molecule has 0 spiro atoms. The molecule has 8 rings (SSSR count). The number of azo groups is 1. The van der Waals surface area contributed by atoms with Gasteiger partial charge in [0.1, 0.15) is 18.0 Å². The molecular weight excluding hydrogens is 971 g/mol. The Morgan fingerprint density at radius 2 is 1.55 bits per heavy atom. The van der Waals surface area contributed by atoms with Crippen LogP contribution < -0.4 is 31.3 Å². The van der Waals surface area contributed by atoms with E-state index in [0.29, 0.717) is 64.9 Å². The van der Waals surface area contributed by atoms with E-state index in [1.54, 1.807) is 80.7 Å². The fourth-order valence-electron chi connectivity index (χ4n) is 8.75. The normalized spacial score (nSPS) is 13.9.